The topological polar surface area (TPSA) is 59.0 Å². The molecule has 0 saturated heterocycles. The molecule has 0 aliphatic rings. The van der Waals surface area contributed by atoms with Crippen molar-refractivity contribution in [3.05, 3.63) is 58.4 Å². The van der Waals surface area contributed by atoms with Crippen LogP contribution < -0.4 is 10.5 Å². The lowest BCUT2D eigenvalue weighted by Crippen LogP contribution is -2.00. The maximum absolute atomic E-state index is 13.1. The summed E-state index contributed by atoms with van der Waals surface area (Å²) in [5.41, 5.74) is 6.96. The maximum atomic E-state index is 13.1. The largest absolute Gasteiger partial charge is 0.487 e. The van der Waals surface area contributed by atoms with Crippen LogP contribution in [0, 0.1) is 17.1 Å². The number of nitrogens with two attached hydrogens (primary N) is 1. The highest BCUT2D eigenvalue weighted by Crippen LogP contribution is 2.27. The second kappa shape index (κ2) is 5.59. The standard InChI is InChI=1S/C14H10ClFN2O/c15-13-4-3-12(18)6-14(13)19-8-10-5-11(16)2-1-9(10)7-17/h1-6H,8,18H2. The van der Waals surface area contributed by atoms with E-state index in [0.717, 1.165) is 0 Å². The molecule has 2 rings (SSSR count). The second-order valence-electron chi connectivity index (χ2n) is 3.89. The molecule has 0 aliphatic carbocycles. The predicted molar refractivity (Wildman–Crippen MR) is 71.3 cm³/mol. The fraction of sp³-hybridized carbons (Fsp3) is 0.0714. The van der Waals surface area contributed by atoms with E-state index in [1.165, 1.54) is 18.2 Å². The van der Waals surface area contributed by atoms with Crippen molar-refractivity contribution in [3.8, 4) is 11.8 Å². The van der Waals surface area contributed by atoms with E-state index in [1.807, 2.05) is 6.07 Å². The Morgan fingerprint density at radius 3 is 2.79 bits per heavy atom. The number of hydrogen-bond donors (Lipinski definition) is 1. The molecule has 0 atom stereocenters. The van der Waals surface area contributed by atoms with Crippen LogP contribution in [0.1, 0.15) is 11.1 Å². The number of anilines is 1. The summed E-state index contributed by atoms with van der Waals surface area (Å²) in [6.07, 6.45) is 0. The van der Waals surface area contributed by atoms with Crippen molar-refractivity contribution in [2.45, 2.75) is 6.61 Å². The lowest BCUT2D eigenvalue weighted by atomic mass is 10.1. The number of rotatable bonds is 3. The van der Waals surface area contributed by atoms with Crippen LogP contribution in [0.4, 0.5) is 10.1 Å². The van der Waals surface area contributed by atoms with E-state index in [-0.39, 0.29) is 6.61 Å². The minimum Gasteiger partial charge on any atom is -0.487 e. The molecule has 19 heavy (non-hydrogen) atoms. The Morgan fingerprint density at radius 1 is 1.26 bits per heavy atom. The zero-order valence-corrected chi connectivity index (χ0v) is 10.6. The van der Waals surface area contributed by atoms with Crippen LogP contribution in [0.25, 0.3) is 0 Å². The van der Waals surface area contributed by atoms with E-state index in [9.17, 15) is 4.39 Å². The van der Waals surface area contributed by atoms with Gasteiger partial charge in [0.25, 0.3) is 0 Å². The first-order chi connectivity index (χ1) is 9.10. The van der Waals surface area contributed by atoms with Gasteiger partial charge in [-0.1, -0.05) is 11.6 Å². The molecule has 96 valence electrons. The highest BCUT2D eigenvalue weighted by Gasteiger charge is 2.07. The van der Waals surface area contributed by atoms with E-state index < -0.39 is 5.82 Å². The lowest BCUT2D eigenvalue weighted by molar-refractivity contribution is 0.305. The van der Waals surface area contributed by atoms with E-state index in [4.69, 9.17) is 27.3 Å². The lowest BCUT2D eigenvalue weighted by Gasteiger charge is -2.10. The van der Waals surface area contributed by atoms with Gasteiger partial charge >= 0.3 is 0 Å². The Labute approximate surface area is 115 Å². The van der Waals surface area contributed by atoms with Crippen LogP contribution >= 0.6 is 11.6 Å². The summed E-state index contributed by atoms with van der Waals surface area (Å²) in [7, 11) is 0. The Hall–Kier alpha value is -2.25. The first kappa shape index (κ1) is 13.2. The average molecular weight is 277 g/mol. The van der Waals surface area contributed by atoms with Gasteiger partial charge in [0.1, 0.15) is 18.2 Å². The summed E-state index contributed by atoms with van der Waals surface area (Å²) in [5, 5.41) is 9.34. The van der Waals surface area contributed by atoms with Gasteiger partial charge in [-0.25, -0.2) is 4.39 Å². The molecule has 0 fully saturated rings. The molecule has 0 unspecified atom stereocenters. The average Bonchev–Trinajstić information content (AvgIpc) is 2.40. The number of halogens is 2. The molecule has 3 nitrogen and oxygen atoms in total. The normalized spacial score (nSPS) is 9.95. The summed E-state index contributed by atoms with van der Waals surface area (Å²) >= 11 is 5.95. The summed E-state index contributed by atoms with van der Waals surface area (Å²) in [6, 6.07) is 10.7. The molecule has 0 heterocycles. The quantitative estimate of drug-likeness (QED) is 0.873. The van der Waals surface area contributed by atoms with Crippen molar-refractivity contribution in [1.82, 2.24) is 0 Å². The van der Waals surface area contributed by atoms with Gasteiger partial charge in [0.2, 0.25) is 0 Å². The third kappa shape index (κ3) is 3.15. The van der Waals surface area contributed by atoms with Crippen molar-refractivity contribution in [1.29, 1.82) is 5.26 Å². The van der Waals surface area contributed by atoms with Crippen molar-refractivity contribution < 1.29 is 9.13 Å². The molecular weight excluding hydrogens is 267 g/mol. The molecule has 0 aliphatic heterocycles. The van der Waals surface area contributed by atoms with Gasteiger partial charge in [-0.2, -0.15) is 5.26 Å². The number of nitriles is 1. The monoisotopic (exact) mass is 276 g/mol. The second-order valence-corrected chi connectivity index (χ2v) is 4.30. The van der Waals surface area contributed by atoms with E-state index in [0.29, 0.717) is 27.6 Å². The molecular formula is C14H10ClFN2O. The molecule has 0 radical (unpaired) electrons. The van der Waals surface area contributed by atoms with Crippen molar-refractivity contribution >= 4 is 17.3 Å². The van der Waals surface area contributed by atoms with Crippen LogP contribution in [0.15, 0.2) is 36.4 Å². The zero-order chi connectivity index (χ0) is 13.8. The molecule has 5 heteroatoms. The number of nitrogens with zero attached hydrogens (tertiary/aromatic N) is 1. The van der Waals surface area contributed by atoms with Crippen molar-refractivity contribution in [2.24, 2.45) is 0 Å². The van der Waals surface area contributed by atoms with Crippen molar-refractivity contribution in [2.75, 3.05) is 5.73 Å². The molecule has 0 saturated carbocycles. The molecule has 0 aromatic heterocycles. The van der Waals surface area contributed by atoms with E-state index >= 15 is 0 Å². The zero-order valence-electron chi connectivity index (χ0n) is 9.86. The Kier molecular flexibility index (Phi) is 3.88. The summed E-state index contributed by atoms with van der Waals surface area (Å²) in [4.78, 5) is 0. The number of benzene rings is 2. The van der Waals surface area contributed by atoms with Crippen LogP contribution in [0.3, 0.4) is 0 Å². The summed E-state index contributed by atoms with van der Waals surface area (Å²) in [6.45, 7) is 0.0455. The minimum atomic E-state index is -0.420. The third-order valence-corrected chi connectivity index (χ3v) is 2.84. The third-order valence-electron chi connectivity index (χ3n) is 2.53. The van der Waals surface area contributed by atoms with Gasteiger partial charge in [0.05, 0.1) is 16.7 Å². The molecule has 0 amide bonds. The highest BCUT2D eigenvalue weighted by atomic mass is 35.5. The Balaban J connectivity index is 2.21. The molecule has 2 aromatic rings. The van der Waals surface area contributed by atoms with Gasteiger partial charge < -0.3 is 10.5 Å². The smallest absolute Gasteiger partial charge is 0.140 e. The fourth-order valence-electron chi connectivity index (χ4n) is 1.58. The van der Waals surface area contributed by atoms with Crippen LogP contribution in [0.2, 0.25) is 5.02 Å². The Morgan fingerprint density at radius 2 is 2.05 bits per heavy atom. The van der Waals surface area contributed by atoms with E-state index in [2.05, 4.69) is 0 Å². The van der Waals surface area contributed by atoms with Crippen LogP contribution in [-0.2, 0) is 6.61 Å². The van der Waals surface area contributed by atoms with E-state index in [1.54, 1.807) is 18.2 Å². The van der Waals surface area contributed by atoms with Gasteiger partial charge in [-0.3, -0.25) is 0 Å². The number of ether oxygens (including phenoxy) is 1. The number of nitrogen functional groups attached to an aromatic ring is 1. The minimum absolute atomic E-state index is 0.0455. The highest BCUT2D eigenvalue weighted by molar-refractivity contribution is 6.32. The van der Waals surface area contributed by atoms with Crippen LogP contribution in [0.5, 0.6) is 5.75 Å². The van der Waals surface area contributed by atoms with Gasteiger partial charge in [0, 0.05) is 17.3 Å². The molecule has 2 N–H and O–H groups in total. The number of hydrogen-bond acceptors (Lipinski definition) is 3. The molecule has 0 spiro atoms. The van der Waals surface area contributed by atoms with Crippen molar-refractivity contribution in [3.63, 3.8) is 0 Å². The molecule has 0 bridgehead atoms. The summed E-state index contributed by atoms with van der Waals surface area (Å²) in [5.74, 6) is -0.0221. The summed E-state index contributed by atoms with van der Waals surface area (Å²) < 4.78 is 18.6. The Bertz CT molecular complexity index is 652. The SMILES string of the molecule is N#Cc1ccc(F)cc1COc1cc(N)ccc1Cl. The van der Waals surface area contributed by atoms with Gasteiger partial charge in [0.15, 0.2) is 0 Å². The van der Waals surface area contributed by atoms with Crippen LogP contribution in [-0.4, -0.2) is 0 Å². The van der Waals surface area contributed by atoms with Gasteiger partial charge in [-0.15, -0.1) is 0 Å². The van der Waals surface area contributed by atoms with Gasteiger partial charge in [-0.05, 0) is 30.3 Å². The first-order valence-electron chi connectivity index (χ1n) is 5.46. The molecule has 2 aromatic carbocycles. The maximum Gasteiger partial charge on any atom is 0.140 e. The first-order valence-corrected chi connectivity index (χ1v) is 5.84. The predicted octanol–water partition coefficient (Wildman–Crippen LogP) is 3.51. The fourth-order valence-corrected chi connectivity index (χ4v) is 1.75.